The standard InChI is InChI=1S/C23H20O2/c1-16(2)18-10-7-11-20-19(13-12-17-8-5-4-6-9-17)15-22(21(20)14-18)23(24)25-3/h4-11,14-16H,1-3H3. The van der Waals surface area contributed by atoms with Crippen LogP contribution in [0.15, 0.2) is 60.7 Å². The van der Waals surface area contributed by atoms with Gasteiger partial charge in [-0.15, -0.1) is 0 Å². The van der Waals surface area contributed by atoms with Gasteiger partial charge in [-0.05, 0) is 46.9 Å². The zero-order chi connectivity index (χ0) is 17.8. The molecular weight excluding hydrogens is 308 g/mol. The minimum Gasteiger partial charge on any atom is -0.465 e. The van der Waals surface area contributed by atoms with E-state index in [0.717, 1.165) is 22.3 Å². The molecule has 2 aliphatic rings. The van der Waals surface area contributed by atoms with E-state index >= 15 is 0 Å². The second kappa shape index (κ2) is 7.23. The Bertz CT molecular complexity index is 927. The van der Waals surface area contributed by atoms with Crippen molar-refractivity contribution in [1.29, 1.82) is 0 Å². The van der Waals surface area contributed by atoms with Crippen LogP contribution in [-0.2, 0) is 4.74 Å². The Balaban J connectivity index is 2.16. The van der Waals surface area contributed by atoms with Crippen LogP contribution in [0.5, 0.6) is 0 Å². The Morgan fingerprint density at radius 1 is 0.920 bits per heavy atom. The van der Waals surface area contributed by atoms with Crippen LogP contribution in [0.3, 0.4) is 0 Å². The summed E-state index contributed by atoms with van der Waals surface area (Å²) in [6, 6.07) is 19.8. The fourth-order valence-corrected chi connectivity index (χ4v) is 2.80. The molecule has 0 aromatic heterocycles. The Morgan fingerprint density at radius 3 is 2.36 bits per heavy atom. The van der Waals surface area contributed by atoms with Gasteiger partial charge >= 0.3 is 5.97 Å². The maximum absolute atomic E-state index is 12.2. The number of methoxy groups -OCH3 is 1. The molecule has 0 radical (unpaired) electrons. The quantitative estimate of drug-likeness (QED) is 0.483. The van der Waals surface area contributed by atoms with Crippen molar-refractivity contribution in [1.82, 2.24) is 0 Å². The van der Waals surface area contributed by atoms with Crippen LogP contribution < -0.4 is 0 Å². The van der Waals surface area contributed by atoms with Crippen molar-refractivity contribution in [2.24, 2.45) is 0 Å². The topological polar surface area (TPSA) is 26.3 Å². The molecule has 2 heteroatoms. The lowest BCUT2D eigenvalue weighted by Gasteiger charge is -2.04. The molecule has 1 aromatic rings. The highest BCUT2D eigenvalue weighted by atomic mass is 16.5. The van der Waals surface area contributed by atoms with E-state index in [2.05, 4.69) is 37.8 Å². The third-order valence-electron chi connectivity index (χ3n) is 4.21. The molecule has 0 unspecified atom stereocenters. The number of ether oxygens (including phenoxy) is 1. The molecule has 0 atom stereocenters. The summed E-state index contributed by atoms with van der Waals surface area (Å²) in [6.07, 6.45) is 0. The van der Waals surface area contributed by atoms with E-state index in [1.54, 1.807) is 0 Å². The number of benzene rings is 1. The molecule has 0 amide bonds. The van der Waals surface area contributed by atoms with E-state index in [9.17, 15) is 4.79 Å². The van der Waals surface area contributed by atoms with Gasteiger partial charge in [-0.2, -0.15) is 0 Å². The van der Waals surface area contributed by atoms with Gasteiger partial charge in [-0.3, -0.25) is 0 Å². The van der Waals surface area contributed by atoms with Crippen molar-refractivity contribution >= 4 is 5.97 Å². The van der Waals surface area contributed by atoms with Crippen LogP contribution in [0.1, 0.15) is 46.8 Å². The molecular formula is C23H20O2. The second-order valence-corrected chi connectivity index (χ2v) is 6.23. The predicted octanol–water partition coefficient (Wildman–Crippen LogP) is 5.10. The van der Waals surface area contributed by atoms with Crippen molar-refractivity contribution in [2.75, 3.05) is 7.11 Å². The lowest BCUT2D eigenvalue weighted by atomic mass is 10.0. The van der Waals surface area contributed by atoms with Crippen molar-refractivity contribution in [3.63, 3.8) is 0 Å². The lowest BCUT2D eigenvalue weighted by Crippen LogP contribution is -2.00. The number of fused-ring (bicyclic) bond motifs is 1. The smallest absolute Gasteiger partial charge is 0.338 e. The molecule has 25 heavy (non-hydrogen) atoms. The first kappa shape index (κ1) is 16.8. The van der Waals surface area contributed by atoms with E-state index < -0.39 is 0 Å². The summed E-state index contributed by atoms with van der Waals surface area (Å²) in [6.45, 7) is 4.27. The lowest BCUT2D eigenvalue weighted by molar-refractivity contribution is 0.0602. The average molecular weight is 328 g/mol. The molecule has 0 fully saturated rings. The van der Waals surface area contributed by atoms with Crippen molar-refractivity contribution < 1.29 is 9.53 Å². The third-order valence-corrected chi connectivity index (χ3v) is 4.21. The number of carbonyl (C=O) groups is 1. The van der Waals surface area contributed by atoms with E-state index in [4.69, 9.17) is 4.74 Å². The summed E-state index contributed by atoms with van der Waals surface area (Å²) < 4.78 is 4.96. The van der Waals surface area contributed by atoms with Crippen LogP contribution in [0, 0.1) is 11.8 Å². The van der Waals surface area contributed by atoms with Gasteiger partial charge in [0.2, 0.25) is 0 Å². The van der Waals surface area contributed by atoms with E-state index in [0.29, 0.717) is 11.5 Å². The van der Waals surface area contributed by atoms with E-state index in [-0.39, 0.29) is 5.97 Å². The Hall–Kier alpha value is -3.05. The monoisotopic (exact) mass is 328 g/mol. The Morgan fingerprint density at radius 2 is 1.68 bits per heavy atom. The van der Waals surface area contributed by atoms with Gasteiger partial charge in [0.15, 0.2) is 0 Å². The summed E-state index contributed by atoms with van der Waals surface area (Å²) in [5.41, 5.74) is 5.37. The number of rotatable bonds is 2. The minimum absolute atomic E-state index is 0.335. The van der Waals surface area contributed by atoms with Gasteiger partial charge in [0, 0.05) is 11.1 Å². The number of hydrogen-bond acceptors (Lipinski definition) is 2. The highest BCUT2D eigenvalue weighted by Gasteiger charge is 2.20. The summed E-state index contributed by atoms with van der Waals surface area (Å²) in [5.74, 6) is 6.41. The molecule has 0 aliphatic heterocycles. The molecule has 0 bridgehead atoms. The zero-order valence-electron chi connectivity index (χ0n) is 14.7. The maximum atomic E-state index is 12.2. The van der Waals surface area contributed by atoms with Crippen LogP contribution in [0.4, 0.5) is 0 Å². The van der Waals surface area contributed by atoms with Gasteiger partial charge in [-0.1, -0.05) is 62.1 Å². The van der Waals surface area contributed by atoms with Crippen molar-refractivity contribution in [3.05, 3.63) is 82.9 Å². The molecule has 2 aliphatic carbocycles. The molecule has 0 saturated carbocycles. The van der Waals surface area contributed by atoms with Gasteiger partial charge in [0.25, 0.3) is 0 Å². The van der Waals surface area contributed by atoms with Crippen LogP contribution in [0.2, 0.25) is 0 Å². The highest BCUT2D eigenvalue weighted by molar-refractivity contribution is 6.01. The fraction of sp³-hybridized carbons (Fsp3) is 0.174. The van der Waals surface area contributed by atoms with E-state index in [1.165, 1.54) is 12.7 Å². The normalized spacial score (nSPS) is 10.4. The maximum Gasteiger partial charge on any atom is 0.338 e. The first-order valence-electron chi connectivity index (χ1n) is 8.32. The SMILES string of the molecule is COC(=O)c1cc(C#Cc2ccccc2)c2cccc(C(C)C)cc1-2. The molecule has 0 N–H and O–H groups in total. The van der Waals surface area contributed by atoms with Crippen LogP contribution in [-0.4, -0.2) is 13.1 Å². The Kier molecular flexibility index (Phi) is 4.86. The number of esters is 1. The van der Waals surface area contributed by atoms with Crippen LogP contribution in [0.25, 0.3) is 11.1 Å². The first-order chi connectivity index (χ1) is 12.1. The molecule has 0 heterocycles. The average Bonchev–Trinajstić information content (AvgIpc) is 2.81. The van der Waals surface area contributed by atoms with Gasteiger partial charge in [0.1, 0.15) is 0 Å². The Labute approximate surface area is 148 Å². The third kappa shape index (κ3) is 3.56. The summed E-state index contributed by atoms with van der Waals surface area (Å²) >= 11 is 0. The summed E-state index contributed by atoms with van der Waals surface area (Å²) in [5, 5.41) is 0. The van der Waals surface area contributed by atoms with Crippen LogP contribution >= 0.6 is 0 Å². The molecule has 3 rings (SSSR count). The molecule has 2 nitrogen and oxygen atoms in total. The van der Waals surface area contributed by atoms with E-state index in [1.807, 2.05) is 48.5 Å². The summed E-state index contributed by atoms with van der Waals surface area (Å²) in [4.78, 5) is 12.2. The second-order valence-electron chi connectivity index (χ2n) is 6.23. The van der Waals surface area contributed by atoms with Crippen molar-refractivity contribution in [3.8, 4) is 23.0 Å². The van der Waals surface area contributed by atoms with Gasteiger partial charge < -0.3 is 4.74 Å². The largest absolute Gasteiger partial charge is 0.465 e. The first-order valence-corrected chi connectivity index (χ1v) is 8.32. The molecule has 0 spiro atoms. The number of carbonyl (C=O) groups excluding carboxylic acids is 1. The van der Waals surface area contributed by atoms with Gasteiger partial charge in [-0.25, -0.2) is 4.79 Å². The predicted molar refractivity (Wildman–Crippen MR) is 101 cm³/mol. The fourth-order valence-electron chi connectivity index (χ4n) is 2.80. The van der Waals surface area contributed by atoms with Gasteiger partial charge in [0.05, 0.1) is 12.7 Å². The molecule has 124 valence electrons. The number of hydrogen-bond donors (Lipinski definition) is 0. The minimum atomic E-state index is -0.335. The molecule has 1 aromatic carbocycles. The summed E-state index contributed by atoms with van der Waals surface area (Å²) in [7, 11) is 1.41. The van der Waals surface area contributed by atoms with Crippen molar-refractivity contribution in [2.45, 2.75) is 19.8 Å². The zero-order valence-corrected chi connectivity index (χ0v) is 14.7. The molecule has 0 saturated heterocycles. The highest BCUT2D eigenvalue weighted by Crippen LogP contribution is 2.34.